The van der Waals surface area contributed by atoms with Gasteiger partial charge >= 0.3 is 12.1 Å². The summed E-state index contributed by atoms with van der Waals surface area (Å²) in [5.74, 6) is -1.65. The highest BCUT2D eigenvalue weighted by Gasteiger charge is 2.31. The number of carbonyl (C=O) groups excluding carboxylic acids is 1. The fourth-order valence-corrected chi connectivity index (χ4v) is 4.11. The maximum atomic E-state index is 13.4. The number of hydrogen-bond donors (Lipinski definition) is 2. The number of nitriles is 1. The fraction of sp³-hybridized carbons (Fsp3) is 0.148. The van der Waals surface area contributed by atoms with E-state index in [0.717, 1.165) is 12.1 Å². The summed E-state index contributed by atoms with van der Waals surface area (Å²) in [6.45, 7) is 1.65. The van der Waals surface area contributed by atoms with E-state index in [1.165, 1.54) is 24.3 Å². The largest absolute Gasteiger partial charge is 0.478 e. The van der Waals surface area contributed by atoms with Crippen LogP contribution in [0.15, 0.2) is 72.8 Å². The highest BCUT2D eigenvalue weighted by atomic mass is 19.4. The van der Waals surface area contributed by atoms with E-state index in [0.29, 0.717) is 22.0 Å². The number of nitrogens with one attached hydrogen (secondary N) is 1. The van der Waals surface area contributed by atoms with E-state index in [1.807, 2.05) is 0 Å². The van der Waals surface area contributed by atoms with Gasteiger partial charge < -0.3 is 15.0 Å². The van der Waals surface area contributed by atoms with Crippen molar-refractivity contribution in [2.45, 2.75) is 25.7 Å². The van der Waals surface area contributed by atoms with Crippen LogP contribution in [-0.4, -0.2) is 21.6 Å². The Bertz CT molecular complexity index is 1500. The van der Waals surface area contributed by atoms with Crippen molar-refractivity contribution >= 4 is 22.8 Å². The third kappa shape index (κ3) is 4.79. The summed E-state index contributed by atoms with van der Waals surface area (Å²) in [7, 11) is 0. The van der Waals surface area contributed by atoms with Crippen molar-refractivity contribution in [2.75, 3.05) is 0 Å². The number of aromatic nitrogens is 1. The van der Waals surface area contributed by atoms with Crippen molar-refractivity contribution in [1.82, 2.24) is 9.88 Å². The molecular weight excluding hydrogens is 471 g/mol. The zero-order chi connectivity index (χ0) is 26.0. The van der Waals surface area contributed by atoms with Gasteiger partial charge in [-0.1, -0.05) is 42.5 Å². The number of alkyl halides is 3. The first-order valence-electron chi connectivity index (χ1n) is 10.9. The van der Waals surface area contributed by atoms with Crippen molar-refractivity contribution in [3.8, 4) is 6.07 Å². The van der Waals surface area contributed by atoms with Gasteiger partial charge in [0.05, 0.1) is 28.2 Å². The summed E-state index contributed by atoms with van der Waals surface area (Å²) in [6, 6.07) is 19.2. The lowest BCUT2D eigenvalue weighted by molar-refractivity contribution is -0.137. The zero-order valence-electron chi connectivity index (χ0n) is 19.0. The monoisotopic (exact) mass is 491 g/mol. The highest BCUT2D eigenvalue weighted by Crippen LogP contribution is 2.31. The quantitative estimate of drug-likeness (QED) is 0.358. The van der Waals surface area contributed by atoms with Gasteiger partial charge in [-0.05, 0) is 48.4 Å². The SMILES string of the molecule is CC(NC(=O)c1c(C#N)c2ccccc2n1Cc1cccc(C(F)(F)F)c1)c1ccc(C(=O)O)cc1. The molecule has 36 heavy (non-hydrogen) atoms. The molecular formula is C27H20F3N3O3. The minimum atomic E-state index is -4.52. The molecule has 182 valence electrons. The highest BCUT2D eigenvalue weighted by molar-refractivity contribution is 6.03. The van der Waals surface area contributed by atoms with Crippen LogP contribution in [0, 0.1) is 11.3 Å². The number of nitrogens with zero attached hydrogens (tertiary/aromatic N) is 2. The Balaban J connectivity index is 1.74. The van der Waals surface area contributed by atoms with Gasteiger partial charge in [0.2, 0.25) is 0 Å². The van der Waals surface area contributed by atoms with Crippen LogP contribution in [0.25, 0.3) is 10.9 Å². The molecule has 3 aromatic carbocycles. The Hall–Kier alpha value is -4.58. The Morgan fingerprint density at radius 1 is 1.06 bits per heavy atom. The van der Waals surface area contributed by atoms with Gasteiger partial charge in [-0.3, -0.25) is 4.79 Å². The molecule has 0 saturated heterocycles. The summed E-state index contributed by atoms with van der Waals surface area (Å²) >= 11 is 0. The summed E-state index contributed by atoms with van der Waals surface area (Å²) < 4.78 is 41.3. The summed E-state index contributed by atoms with van der Waals surface area (Å²) in [5.41, 5.74) is 0.948. The second-order valence-corrected chi connectivity index (χ2v) is 8.26. The lowest BCUT2D eigenvalue weighted by Gasteiger charge is -2.17. The fourth-order valence-electron chi connectivity index (χ4n) is 4.11. The van der Waals surface area contributed by atoms with Gasteiger partial charge in [-0.25, -0.2) is 4.79 Å². The van der Waals surface area contributed by atoms with Crippen LogP contribution in [0.1, 0.15) is 56.1 Å². The molecule has 4 aromatic rings. The first-order chi connectivity index (χ1) is 17.1. The number of rotatable bonds is 6. The zero-order valence-corrected chi connectivity index (χ0v) is 19.0. The average molecular weight is 491 g/mol. The number of carboxylic acid groups (broad SMARTS) is 1. The van der Waals surface area contributed by atoms with Crippen LogP contribution in [0.3, 0.4) is 0 Å². The Morgan fingerprint density at radius 3 is 2.39 bits per heavy atom. The molecule has 0 aliphatic rings. The number of carbonyl (C=O) groups is 2. The van der Waals surface area contributed by atoms with Gasteiger partial charge in [0.15, 0.2) is 0 Å². The molecule has 0 bridgehead atoms. The topological polar surface area (TPSA) is 95.1 Å². The third-order valence-corrected chi connectivity index (χ3v) is 5.90. The molecule has 0 aliphatic carbocycles. The smallest absolute Gasteiger partial charge is 0.416 e. The van der Waals surface area contributed by atoms with Gasteiger partial charge in [0.1, 0.15) is 11.8 Å². The Labute approximate surface area is 204 Å². The lowest BCUT2D eigenvalue weighted by atomic mass is 10.1. The molecule has 1 atom stereocenters. The van der Waals surface area contributed by atoms with E-state index in [4.69, 9.17) is 5.11 Å². The third-order valence-electron chi connectivity index (χ3n) is 5.90. The molecule has 6 nitrogen and oxygen atoms in total. The summed E-state index contributed by atoms with van der Waals surface area (Å²) in [6.07, 6.45) is -4.52. The predicted octanol–water partition coefficient (Wildman–Crippen LogP) is 5.77. The van der Waals surface area contributed by atoms with Crippen LogP contribution in [0.5, 0.6) is 0 Å². The maximum Gasteiger partial charge on any atom is 0.416 e. The van der Waals surface area contributed by atoms with Crippen LogP contribution >= 0.6 is 0 Å². The van der Waals surface area contributed by atoms with E-state index in [9.17, 15) is 28.0 Å². The van der Waals surface area contributed by atoms with E-state index in [1.54, 1.807) is 47.9 Å². The van der Waals surface area contributed by atoms with Crippen molar-refractivity contribution in [3.05, 3.63) is 106 Å². The summed E-state index contributed by atoms with van der Waals surface area (Å²) in [5, 5.41) is 22.3. The van der Waals surface area contributed by atoms with Gasteiger partial charge in [0.25, 0.3) is 5.91 Å². The van der Waals surface area contributed by atoms with Gasteiger partial charge in [-0.2, -0.15) is 18.4 Å². The number of carboxylic acids is 1. The number of hydrogen-bond acceptors (Lipinski definition) is 3. The minimum Gasteiger partial charge on any atom is -0.478 e. The Morgan fingerprint density at radius 2 is 1.75 bits per heavy atom. The number of halogens is 3. The number of aromatic carboxylic acids is 1. The van der Waals surface area contributed by atoms with E-state index < -0.39 is 29.7 Å². The number of para-hydroxylation sites is 1. The Kier molecular flexibility index (Phi) is 6.53. The van der Waals surface area contributed by atoms with E-state index in [-0.39, 0.29) is 23.4 Å². The lowest BCUT2D eigenvalue weighted by Crippen LogP contribution is -2.29. The predicted molar refractivity (Wildman–Crippen MR) is 126 cm³/mol. The molecule has 1 heterocycles. The molecule has 2 N–H and O–H groups in total. The van der Waals surface area contributed by atoms with Gasteiger partial charge in [0, 0.05) is 11.9 Å². The van der Waals surface area contributed by atoms with Crippen molar-refractivity contribution in [3.63, 3.8) is 0 Å². The van der Waals surface area contributed by atoms with Crippen LogP contribution in [0.4, 0.5) is 13.2 Å². The average Bonchev–Trinajstić information content (AvgIpc) is 3.17. The molecule has 4 rings (SSSR count). The van der Waals surface area contributed by atoms with Crippen molar-refractivity contribution < 1.29 is 27.9 Å². The first-order valence-corrected chi connectivity index (χ1v) is 10.9. The maximum absolute atomic E-state index is 13.4. The molecule has 1 unspecified atom stereocenters. The van der Waals surface area contributed by atoms with Crippen LogP contribution in [-0.2, 0) is 12.7 Å². The van der Waals surface area contributed by atoms with Crippen LogP contribution in [0.2, 0.25) is 0 Å². The molecule has 1 amide bonds. The van der Waals surface area contributed by atoms with Crippen molar-refractivity contribution in [2.24, 2.45) is 0 Å². The molecule has 0 spiro atoms. The first kappa shape index (κ1) is 24.5. The number of benzene rings is 3. The standard InChI is InChI=1S/C27H20F3N3O3/c1-16(18-9-11-19(12-10-18)26(35)36)32-25(34)24-22(14-31)21-7-2-3-8-23(21)33(24)15-17-5-4-6-20(13-17)27(28,29)30/h2-13,16H,15H2,1H3,(H,32,34)(H,35,36). The minimum absolute atomic E-state index is 0.0325. The number of amides is 1. The van der Waals surface area contributed by atoms with E-state index >= 15 is 0 Å². The van der Waals surface area contributed by atoms with Gasteiger partial charge in [-0.15, -0.1) is 0 Å². The van der Waals surface area contributed by atoms with Crippen molar-refractivity contribution in [1.29, 1.82) is 5.26 Å². The number of fused-ring (bicyclic) bond motifs is 1. The second kappa shape index (κ2) is 9.58. The molecule has 9 heteroatoms. The van der Waals surface area contributed by atoms with Crippen LogP contribution < -0.4 is 5.32 Å². The molecule has 0 fully saturated rings. The molecule has 0 saturated carbocycles. The summed E-state index contributed by atoms with van der Waals surface area (Å²) in [4.78, 5) is 24.5. The molecule has 0 aliphatic heterocycles. The second-order valence-electron chi connectivity index (χ2n) is 8.26. The molecule has 1 aromatic heterocycles. The molecule has 0 radical (unpaired) electrons. The van der Waals surface area contributed by atoms with E-state index in [2.05, 4.69) is 11.4 Å². The normalized spacial score (nSPS) is 12.2.